The van der Waals surface area contributed by atoms with Gasteiger partial charge in [0.25, 0.3) is 0 Å². The molecule has 0 unspecified atom stereocenters. The van der Waals surface area contributed by atoms with Crippen LogP contribution >= 0.6 is 0 Å². The van der Waals surface area contributed by atoms with E-state index in [2.05, 4.69) is 48.6 Å². The van der Waals surface area contributed by atoms with E-state index in [-0.39, 0.29) is 0 Å². The van der Waals surface area contributed by atoms with E-state index in [1.165, 1.54) is 16.7 Å². The van der Waals surface area contributed by atoms with E-state index in [9.17, 15) is 0 Å². The van der Waals surface area contributed by atoms with Gasteiger partial charge in [0.05, 0.1) is 7.11 Å². The summed E-state index contributed by atoms with van der Waals surface area (Å²) in [6.45, 7) is 2.02. The van der Waals surface area contributed by atoms with Gasteiger partial charge in [0, 0.05) is 0 Å². The summed E-state index contributed by atoms with van der Waals surface area (Å²) >= 11 is 0. The molecule has 0 N–H and O–H groups in total. The Balaban J connectivity index is 2.43. The Hall–Kier alpha value is -2.28. The van der Waals surface area contributed by atoms with Gasteiger partial charge in [0.2, 0.25) is 0 Å². The van der Waals surface area contributed by atoms with Crippen LogP contribution in [0.4, 0.5) is 0 Å². The fourth-order valence-electron chi connectivity index (χ4n) is 1.94. The average molecular weight is 250 g/mol. The summed E-state index contributed by atoms with van der Waals surface area (Å²) in [5, 5.41) is 0. The number of benzene rings is 2. The van der Waals surface area contributed by atoms with Crippen molar-refractivity contribution in [2.75, 3.05) is 7.11 Å². The number of rotatable bonds is 4. The van der Waals surface area contributed by atoms with Crippen molar-refractivity contribution in [3.8, 4) is 5.75 Å². The van der Waals surface area contributed by atoms with Crippen LogP contribution in [0.2, 0.25) is 0 Å². The summed E-state index contributed by atoms with van der Waals surface area (Å²) < 4.78 is 5.20. The Morgan fingerprint density at radius 1 is 0.895 bits per heavy atom. The molecule has 96 valence electrons. The van der Waals surface area contributed by atoms with Gasteiger partial charge in [-0.15, -0.1) is 0 Å². The summed E-state index contributed by atoms with van der Waals surface area (Å²) in [5.74, 6) is 0.877. The molecule has 2 rings (SSSR count). The lowest BCUT2D eigenvalue weighted by Gasteiger charge is -2.08. The second-order valence-corrected chi connectivity index (χ2v) is 4.20. The third-order valence-corrected chi connectivity index (χ3v) is 2.94. The van der Waals surface area contributed by atoms with Crippen molar-refractivity contribution in [1.82, 2.24) is 0 Å². The van der Waals surface area contributed by atoms with Gasteiger partial charge in [-0.2, -0.15) is 0 Å². The minimum absolute atomic E-state index is 0.877. The van der Waals surface area contributed by atoms with Gasteiger partial charge >= 0.3 is 0 Å². The van der Waals surface area contributed by atoms with Crippen LogP contribution in [0.5, 0.6) is 5.75 Å². The molecular formula is C18H18O. The highest BCUT2D eigenvalue weighted by Crippen LogP contribution is 2.25. The zero-order valence-corrected chi connectivity index (χ0v) is 11.3. The lowest BCUT2D eigenvalue weighted by Crippen LogP contribution is -1.88. The smallest absolute Gasteiger partial charge is 0.118 e. The second-order valence-electron chi connectivity index (χ2n) is 4.20. The molecule has 0 heterocycles. The van der Waals surface area contributed by atoms with Crippen LogP contribution < -0.4 is 4.74 Å². The molecule has 0 fully saturated rings. The second kappa shape index (κ2) is 6.60. The first-order valence-corrected chi connectivity index (χ1v) is 6.38. The minimum Gasteiger partial charge on any atom is -0.497 e. The van der Waals surface area contributed by atoms with E-state index in [1.54, 1.807) is 7.11 Å². The Kier molecular flexibility index (Phi) is 4.57. The van der Waals surface area contributed by atoms with Crippen LogP contribution in [0, 0.1) is 0 Å². The maximum atomic E-state index is 5.20. The molecule has 0 saturated heterocycles. The van der Waals surface area contributed by atoms with Crippen molar-refractivity contribution in [1.29, 1.82) is 0 Å². The first kappa shape index (κ1) is 13.2. The highest BCUT2D eigenvalue weighted by Gasteiger charge is 2.03. The summed E-state index contributed by atoms with van der Waals surface area (Å²) in [5.41, 5.74) is 3.61. The number of hydrogen-bond acceptors (Lipinski definition) is 1. The molecule has 0 saturated carbocycles. The van der Waals surface area contributed by atoms with Gasteiger partial charge in [-0.3, -0.25) is 0 Å². The molecule has 19 heavy (non-hydrogen) atoms. The van der Waals surface area contributed by atoms with Crippen LogP contribution in [0.25, 0.3) is 5.57 Å². The van der Waals surface area contributed by atoms with Gasteiger partial charge in [-0.25, -0.2) is 0 Å². The predicted octanol–water partition coefficient (Wildman–Crippen LogP) is 4.70. The van der Waals surface area contributed by atoms with E-state index in [0.29, 0.717) is 0 Å². The van der Waals surface area contributed by atoms with Gasteiger partial charge in [-0.05, 0) is 35.8 Å². The molecule has 0 spiro atoms. The third-order valence-electron chi connectivity index (χ3n) is 2.94. The normalized spacial score (nSPS) is 11.8. The monoisotopic (exact) mass is 250 g/mol. The number of methoxy groups -OCH3 is 1. The van der Waals surface area contributed by atoms with Crippen LogP contribution in [0.1, 0.15) is 18.1 Å². The maximum absolute atomic E-state index is 5.20. The topological polar surface area (TPSA) is 9.23 Å². The molecule has 2 aromatic carbocycles. The molecule has 0 radical (unpaired) electrons. The number of hydrogen-bond donors (Lipinski definition) is 0. The van der Waals surface area contributed by atoms with Crippen LogP contribution in [-0.4, -0.2) is 7.11 Å². The first-order valence-electron chi connectivity index (χ1n) is 6.38. The predicted molar refractivity (Wildman–Crippen MR) is 81.3 cm³/mol. The fourth-order valence-corrected chi connectivity index (χ4v) is 1.94. The van der Waals surface area contributed by atoms with Gasteiger partial charge in [0.15, 0.2) is 0 Å². The van der Waals surface area contributed by atoms with E-state index >= 15 is 0 Å². The highest BCUT2D eigenvalue weighted by atomic mass is 16.5. The quantitative estimate of drug-likeness (QED) is 0.714. The first-order chi connectivity index (χ1) is 9.35. The summed E-state index contributed by atoms with van der Waals surface area (Å²) in [6.07, 6.45) is 6.23. The summed E-state index contributed by atoms with van der Waals surface area (Å²) in [7, 11) is 1.68. The van der Waals surface area contributed by atoms with Crippen LogP contribution in [-0.2, 0) is 0 Å². The third kappa shape index (κ3) is 3.35. The largest absolute Gasteiger partial charge is 0.497 e. The molecule has 0 bridgehead atoms. The molecule has 1 nitrogen and oxygen atoms in total. The van der Waals surface area contributed by atoms with Crippen LogP contribution in [0.15, 0.2) is 72.8 Å². The molecule has 0 aliphatic rings. The Morgan fingerprint density at radius 3 is 2.11 bits per heavy atom. The molecule has 1 heteroatoms. The van der Waals surface area contributed by atoms with Crippen LogP contribution in [0.3, 0.4) is 0 Å². The fraction of sp³-hybridized carbons (Fsp3) is 0.111. The Labute approximate surface area is 114 Å². The molecule has 2 aromatic rings. The Morgan fingerprint density at radius 2 is 1.53 bits per heavy atom. The van der Waals surface area contributed by atoms with Gasteiger partial charge in [-0.1, -0.05) is 60.7 Å². The molecule has 0 aliphatic carbocycles. The molecular weight excluding hydrogens is 232 g/mol. The van der Waals surface area contributed by atoms with Crippen molar-refractivity contribution >= 4 is 5.57 Å². The number of allylic oxidation sites excluding steroid dienone is 3. The van der Waals surface area contributed by atoms with E-state index in [4.69, 9.17) is 4.74 Å². The summed E-state index contributed by atoms with van der Waals surface area (Å²) in [4.78, 5) is 0. The lowest BCUT2D eigenvalue weighted by atomic mass is 9.97. The van der Waals surface area contributed by atoms with E-state index in [1.807, 2.05) is 31.2 Å². The van der Waals surface area contributed by atoms with Gasteiger partial charge in [0.1, 0.15) is 5.75 Å². The highest BCUT2D eigenvalue weighted by molar-refractivity contribution is 5.80. The molecule has 0 aliphatic heterocycles. The Bertz CT molecular complexity index is 562. The minimum atomic E-state index is 0.877. The number of ether oxygens (including phenoxy) is 1. The van der Waals surface area contributed by atoms with Gasteiger partial charge < -0.3 is 4.74 Å². The zero-order chi connectivity index (χ0) is 13.5. The van der Waals surface area contributed by atoms with E-state index in [0.717, 1.165) is 5.75 Å². The van der Waals surface area contributed by atoms with Crippen molar-refractivity contribution in [3.63, 3.8) is 0 Å². The van der Waals surface area contributed by atoms with Crippen molar-refractivity contribution in [3.05, 3.63) is 84.0 Å². The molecule has 0 amide bonds. The van der Waals surface area contributed by atoms with E-state index < -0.39 is 0 Å². The van der Waals surface area contributed by atoms with Crippen molar-refractivity contribution in [2.45, 2.75) is 6.92 Å². The molecule has 0 atom stereocenters. The standard InChI is InChI=1S/C18H18O/c1-3-4-10-18(15-8-6-5-7-9-15)16-11-13-17(19-2)14-12-16/h3-14H,1-2H3/b4-3+,18-10+. The molecule has 0 aromatic heterocycles. The zero-order valence-electron chi connectivity index (χ0n) is 11.3. The summed E-state index contributed by atoms with van der Waals surface area (Å²) in [6, 6.07) is 18.5. The van der Waals surface area contributed by atoms with Crippen molar-refractivity contribution < 1.29 is 4.74 Å². The van der Waals surface area contributed by atoms with Crippen molar-refractivity contribution in [2.24, 2.45) is 0 Å². The average Bonchev–Trinajstić information content (AvgIpc) is 2.49. The SMILES string of the molecule is C/C=C/C=C(\c1ccccc1)c1ccc(OC)cc1. The maximum Gasteiger partial charge on any atom is 0.118 e. The lowest BCUT2D eigenvalue weighted by molar-refractivity contribution is 0.415.